The molecular weight excluding hydrogens is 318 g/mol. The van der Waals surface area contributed by atoms with E-state index in [0.717, 1.165) is 18.5 Å². The quantitative estimate of drug-likeness (QED) is 0.594. The van der Waals surface area contributed by atoms with Gasteiger partial charge in [0.1, 0.15) is 0 Å². The van der Waals surface area contributed by atoms with Crippen LogP contribution in [0.15, 0.2) is 24.3 Å². The predicted octanol–water partition coefficient (Wildman–Crippen LogP) is 3.12. The number of carbonyl (C=O) groups is 2. The van der Waals surface area contributed by atoms with E-state index in [2.05, 4.69) is 4.98 Å². The first kappa shape index (κ1) is 18.4. The minimum atomic E-state index is -0.669. The molecule has 1 aromatic carbocycles. The first-order valence-electron chi connectivity index (χ1n) is 8.18. The van der Waals surface area contributed by atoms with Gasteiger partial charge in [-0.2, -0.15) is 0 Å². The molecule has 0 spiro atoms. The van der Waals surface area contributed by atoms with E-state index in [1.165, 1.54) is 13.2 Å². The van der Waals surface area contributed by atoms with Gasteiger partial charge in [-0.1, -0.05) is 19.4 Å². The lowest BCUT2D eigenvalue weighted by atomic mass is 9.91. The van der Waals surface area contributed by atoms with Gasteiger partial charge in [-0.3, -0.25) is 14.6 Å². The maximum atomic E-state index is 12.9. The fraction of sp³-hybridized carbons (Fsp3) is 0.316. The summed E-state index contributed by atoms with van der Waals surface area (Å²) in [6.45, 7) is 3.84. The summed E-state index contributed by atoms with van der Waals surface area (Å²) in [5.41, 5.74) is 13.8. The van der Waals surface area contributed by atoms with Crippen molar-refractivity contribution in [2.24, 2.45) is 5.73 Å². The Morgan fingerprint density at radius 3 is 2.56 bits per heavy atom. The lowest BCUT2D eigenvalue weighted by Gasteiger charge is -2.18. The van der Waals surface area contributed by atoms with Gasteiger partial charge in [-0.15, -0.1) is 0 Å². The Labute approximate surface area is 147 Å². The van der Waals surface area contributed by atoms with Gasteiger partial charge >= 0.3 is 0 Å². The number of hydrogen-bond acceptors (Lipinski definition) is 5. The smallest absolute Gasteiger partial charge is 0.249 e. The van der Waals surface area contributed by atoms with Crippen LogP contribution >= 0.6 is 0 Å². The molecule has 0 atom stereocenters. The number of amides is 1. The van der Waals surface area contributed by atoms with E-state index in [4.69, 9.17) is 16.2 Å². The van der Waals surface area contributed by atoms with Crippen molar-refractivity contribution in [3.05, 3.63) is 41.1 Å². The largest absolute Gasteiger partial charge is 0.494 e. The number of nitrogens with two attached hydrogens (primary N) is 2. The molecule has 0 fully saturated rings. The summed E-state index contributed by atoms with van der Waals surface area (Å²) in [4.78, 5) is 29.3. The van der Waals surface area contributed by atoms with Gasteiger partial charge in [0.05, 0.1) is 29.6 Å². The van der Waals surface area contributed by atoms with Crippen LogP contribution in [0.5, 0.6) is 5.75 Å². The third-order valence-electron chi connectivity index (χ3n) is 3.96. The topological polar surface area (TPSA) is 108 Å². The van der Waals surface area contributed by atoms with Crippen molar-refractivity contribution in [3.8, 4) is 17.0 Å². The van der Waals surface area contributed by atoms with Crippen molar-refractivity contribution in [1.82, 2.24) is 4.98 Å². The number of nitrogens with zero attached hydrogens (tertiary/aromatic N) is 1. The molecule has 4 N–H and O–H groups in total. The van der Waals surface area contributed by atoms with Gasteiger partial charge < -0.3 is 16.2 Å². The zero-order valence-corrected chi connectivity index (χ0v) is 14.8. The fourth-order valence-corrected chi connectivity index (χ4v) is 2.78. The number of aromatic nitrogens is 1. The van der Waals surface area contributed by atoms with Gasteiger partial charge in [0.2, 0.25) is 5.91 Å². The average Bonchev–Trinajstić information content (AvgIpc) is 2.58. The van der Waals surface area contributed by atoms with E-state index >= 15 is 0 Å². The summed E-state index contributed by atoms with van der Waals surface area (Å²) in [7, 11) is 1.44. The monoisotopic (exact) mass is 341 g/mol. The number of ketones is 1. The molecule has 0 unspecified atom stereocenters. The average molecular weight is 341 g/mol. The number of aryl methyl sites for hydroxylation is 1. The SMILES string of the molecule is CCCCC(=O)c1c(OC)c(N)cc(C(N)=O)c1-c1cccc(C)n1. The highest BCUT2D eigenvalue weighted by Gasteiger charge is 2.26. The van der Waals surface area contributed by atoms with Crippen LogP contribution in [0.3, 0.4) is 0 Å². The molecule has 132 valence electrons. The van der Waals surface area contributed by atoms with E-state index < -0.39 is 5.91 Å². The molecule has 0 aliphatic rings. The number of benzene rings is 1. The van der Waals surface area contributed by atoms with E-state index in [0.29, 0.717) is 17.7 Å². The number of primary amides is 1. The molecule has 25 heavy (non-hydrogen) atoms. The third-order valence-corrected chi connectivity index (χ3v) is 3.96. The van der Waals surface area contributed by atoms with Crippen LogP contribution in [-0.2, 0) is 0 Å². The number of unbranched alkanes of at least 4 members (excludes halogenated alkanes) is 1. The second-order valence-corrected chi connectivity index (χ2v) is 5.85. The Balaban J connectivity index is 2.84. The van der Waals surface area contributed by atoms with Crippen molar-refractivity contribution in [2.45, 2.75) is 33.1 Å². The number of methoxy groups -OCH3 is 1. The highest BCUT2D eigenvalue weighted by Crippen LogP contribution is 2.38. The maximum absolute atomic E-state index is 12.9. The second kappa shape index (κ2) is 7.79. The van der Waals surface area contributed by atoms with E-state index in [1.807, 2.05) is 26.0 Å². The van der Waals surface area contributed by atoms with Crippen LogP contribution in [0, 0.1) is 6.92 Å². The Hall–Kier alpha value is -2.89. The molecule has 6 nitrogen and oxygen atoms in total. The van der Waals surface area contributed by atoms with E-state index in [-0.39, 0.29) is 28.3 Å². The maximum Gasteiger partial charge on any atom is 0.249 e. The zero-order chi connectivity index (χ0) is 18.6. The molecule has 0 saturated carbocycles. The molecule has 1 amide bonds. The molecule has 0 saturated heterocycles. The van der Waals surface area contributed by atoms with Crippen molar-refractivity contribution >= 4 is 17.4 Å². The molecule has 0 radical (unpaired) electrons. The number of carbonyl (C=O) groups excluding carboxylic acids is 2. The van der Waals surface area contributed by atoms with E-state index in [9.17, 15) is 9.59 Å². The normalized spacial score (nSPS) is 10.5. The summed E-state index contributed by atoms with van der Waals surface area (Å²) in [6, 6.07) is 6.82. The molecule has 0 aliphatic carbocycles. The number of nitrogen functional groups attached to an aromatic ring is 1. The van der Waals surface area contributed by atoms with Gasteiger partial charge in [0.25, 0.3) is 0 Å². The van der Waals surface area contributed by atoms with Crippen molar-refractivity contribution in [3.63, 3.8) is 0 Å². The molecule has 0 bridgehead atoms. The van der Waals surface area contributed by atoms with Crippen LogP contribution in [-0.4, -0.2) is 23.8 Å². The number of rotatable bonds is 7. The lowest BCUT2D eigenvalue weighted by molar-refractivity contribution is 0.0977. The molecule has 0 aliphatic heterocycles. The number of Topliss-reactive ketones (excluding diaryl/α,β-unsaturated/α-hetero) is 1. The molecular formula is C19H23N3O3. The van der Waals surface area contributed by atoms with Crippen molar-refractivity contribution in [1.29, 1.82) is 0 Å². The third kappa shape index (κ3) is 3.79. The van der Waals surface area contributed by atoms with E-state index in [1.54, 1.807) is 6.07 Å². The van der Waals surface area contributed by atoms with Gasteiger partial charge in [-0.05, 0) is 31.5 Å². The number of anilines is 1. The van der Waals surface area contributed by atoms with Gasteiger partial charge in [0, 0.05) is 17.7 Å². The molecule has 1 aromatic heterocycles. The van der Waals surface area contributed by atoms with Crippen LogP contribution in [0.4, 0.5) is 5.69 Å². The van der Waals surface area contributed by atoms with Crippen LogP contribution in [0.1, 0.15) is 52.6 Å². The number of pyridine rings is 1. The van der Waals surface area contributed by atoms with Gasteiger partial charge in [0.15, 0.2) is 11.5 Å². The minimum absolute atomic E-state index is 0.146. The first-order chi connectivity index (χ1) is 11.9. The lowest BCUT2D eigenvalue weighted by Crippen LogP contribution is -2.17. The first-order valence-corrected chi connectivity index (χ1v) is 8.18. The van der Waals surface area contributed by atoms with Crippen LogP contribution in [0.25, 0.3) is 11.3 Å². The summed E-state index contributed by atoms with van der Waals surface area (Å²) in [5.74, 6) is -0.562. The Morgan fingerprint density at radius 2 is 2.00 bits per heavy atom. The molecule has 2 rings (SSSR count). The standard InChI is InChI=1S/C19H23N3O3/c1-4-5-9-15(23)17-16(14-8-6-7-11(2)22-14)12(19(21)24)10-13(20)18(17)25-3/h6-8,10H,4-5,9,20H2,1-3H3,(H2,21,24). The second-order valence-electron chi connectivity index (χ2n) is 5.85. The number of hydrogen-bond donors (Lipinski definition) is 2. The molecule has 1 heterocycles. The summed E-state index contributed by atoms with van der Waals surface area (Å²) >= 11 is 0. The highest BCUT2D eigenvalue weighted by molar-refractivity contribution is 6.12. The summed E-state index contributed by atoms with van der Waals surface area (Å²) in [6.07, 6.45) is 1.92. The van der Waals surface area contributed by atoms with Crippen molar-refractivity contribution in [2.75, 3.05) is 12.8 Å². The Kier molecular flexibility index (Phi) is 5.75. The van der Waals surface area contributed by atoms with Crippen LogP contribution < -0.4 is 16.2 Å². The Bertz CT molecular complexity index is 816. The minimum Gasteiger partial charge on any atom is -0.494 e. The fourth-order valence-electron chi connectivity index (χ4n) is 2.78. The zero-order valence-electron chi connectivity index (χ0n) is 14.8. The highest BCUT2D eigenvalue weighted by atomic mass is 16.5. The van der Waals surface area contributed by atoms with Gasteiger partial charge in [-0.25, -0.2) is 0 Å². The predicted molar refractivity (Wildman–Crippen MR) is 97.7 cm³/mol. The number of ether oxygens (including phenoxy) is 1. The summed E-state index contributed by atoms with van der Waals surface area (Å²) in [5, 5.41) is 0. The molecule has 6 heteroatoms. The van der Waals surface area contributed by atoms with Crippen LogP contribution in [0.2, 0.25) is 0 Å². The Morgan fingerprint density at radius 1 is 1.28 bits per heavy atom. The summed E-state index contributed by atoms with van der Waals surface area (Å²) < 4.78 is 5.38. The molecule has 2 aromatic rings. The van der Waals surface area contributed by atoms with Crippen molar-refractivity contribution < 1.29 is 14.3 Å².